The molecule has 6 heteroatoms. The van der Waals surface area contributed by atoms with E-state index < -0.39 is 0 Å². The number of hydrogen-bond acceptors (Lipinski definition) is 4. The molecule has 1 N–H and O–H groups in total. The maximum atomic E-state index is 6.07. The first kappa shape index (κ1) is 13.2. The van der Waals surface area contributed by atoms with Gasteiger partial charge in [-0.3, -0.25) is 0 Å². The summed E-state index contributed by atoms with van der Waals surface area (Å²) in [6, 6.07) is 1.65. The van der Waals surface area contributed by atoms with Crippen molar-refractivity contribution >= 4 is 29.0 Å². The summed E-state index contributed by atoms with van der Waals surface area (Å²) in [7, 11) is 0. The molecule has 96 valence electrons. The molecule has 0 saturated heterocycles. The molecule has 1 unspecified atom stereocenters. The Hall–Kier alpha value is -1.26. The van der Waals surface area contributed by atoms with Crippen LogP contribution in [0.2, 0.25) is 10.0 Å². The number of nitrogens with one attached hydrogen (secondary N) is 1. The fourth-order valence-electron chi connectivity index (χ4n) is 1.91. The predicted molar refractivity (Wildman–Crippen MR) is 72.3 cm³/mol. The van der Waals surface area contributed by atoms with Crippen molar-refractivity contribution in [3.05, 3.63) is 39.3 Å². The molecule has 2 heterocycles. The van der Waals surface area contributed by atoms with Gasteiger partial charge in [-0.1, -0.05) is 28.4 Å². The molecule has 0 radical (unpaired) electrons. The molecule has 2 rings (SSSR count). The number of aromatic nitrogens is 2. The van der Waals surface area contributed by atoms with E-state index in [4.69, 9.17) is 27.7 Å². The highest BCUT2D eigenvalue weighted by Crippen LogP contribution is 2.28. The Labute approximate surface area is 115 Å². The van der Waals surface area contributed by atoms with Crippen LogP contribution in [-0.2, 0) is 0 Å². The van der Waals surface area contributed by atoms with Crippen molar-refractivity contribution < 1.29 is 4.52 Å². The highest BCUT2D eigenvalue weighted by molar-refractivity contribution is 6.35. The van der Waals surface area contributed by atoms with Gasteiger partial charge >= 0.3 is 0 Å². The second-order valence-electron chi connectivity index (χ2n) is 4.09. The zero-order chi connectivity index (χ0) is 13.3. The van der Waals surface area contributed by atoms with Crippen molar-refractivity contribution in [3.63, 3.8) is 0 Å². The molecule has 2 aromatic heterocycles. The van der Waals surface area contributed by atoms with E-state index in [-0.39, 0.29) is 6.04 Å². The van der Waals surface area contributed by atoms with E-state index in [0.29, 0.717) is 15.9 Å². The van der Waals surface area contributed by atoms with Crippen molar-refractivity contribution in [2.24, 2.45) is 0 Å². The summed E-state index contributed by atoms with van der Waals surface area (Å²) < 4.78 is 5.14. The van der Waals surface area contributed by atoms with E-state index >= 15 is 0 Å². The minimum Gasteiger partial charge on any atom is -0.362 e. The van der Waals surface area contributed by atoms with Gasteiger partial charge in [-0.25, -0.2) is 4.98 Å². The van der Waals surface area contributed by atoms with Crippen LogP contribution in [0.4, 0.5) is 5.82 Å². The summed E-state index contributed by atoms with van der Waals surface area (Å²) in [6.07, 6.45) is 1.55. The Morgan fingerprint density at radius 1 is 1.33 bits per heavy atom. The molecule has 0 spiro atoms. The smallest absolute Gasteiger partial charge is 0.145 e. The summed E-state index contributed by atoms with van der Waals surface area (Å²) in [5.41, 5.74) is 1.88. The average molecular weight is 286 g/mol. The Morgan fingerprint density at radius 2 is 2.06 bits per heavy atom. The molecule has 2 aromatic rings. The van der Waals surface area contributed by atoms with Crippen molar-refractivity contribution in [2.75, 3.05) is 5.32 Å². The summed E-state index contributed by atoms with van der Waals surface area (Å²) in [5, 5.41) is 8.14. The van der Waals surface area contributed by atoms with Crippen LogP contribution in [0.5, 0.6) is 0 Å². The number of pyridine rings is 1. The fourth-order valence-corrected chi connectivity index (χ4v) is 2.34. The third-order valence-electron chi connectivity index (χ3n) is 2.68. The SMILES string of the molecule is Cc1noc(C)c1C(C)Nc1ncc(Cl)cc1Cl. The molecule has 0 aliphatic rings. The van der Waals surface area contributed by atoms with Gasteiger partial charge in [0.15, 0.2) is 0 Å². The molecule has 0 aliphatic carbocycles. The molecule has 4 nitrogen and oxygen atoms in total. The molecule has 0 aromatic carbocycles. The van der Waals surface area contributed by atoms with Gasteiger partial charge in [0.1, 0.15) is 11.6 Å². The quantitative estimate of drug-likeness (QED) is 0.920. The maximum absolute atomic E-state index is 6.07. The van der Waals surface area contributed by atoms with Gasteiger partial charge in [0, 0.05) is 11.8 Å². The number of nitrogens with zero attached hydrogens (tertiary/aromatic N) is 2. The first-order chi connectivity index (χ1) is 8.49. The van der Waals surface area contributed by atoms with Crippen LogP contribution in [-0.4, -0.2) is 10.1 Å². The van der Waals surface area contributed by atoms with E-state index in [1.54, 1.807) is 12.3 Å². The second kappa shape index (κ2) is 5.16. The van der Waals surface area contributed by atoms with Crippen LogP contribution in [0.25, 0.3) is 0 Å². The van der Waals surface area contributed by atoms with Gasteiger partial charge in [0.25, 0.3) is 0 Å². The summed E-state index contributed by atoms with van der Waals surface area (Å²) in [5.74, 6) is 1.38. The lowest BCUT2D eigenvalue weighted by Crippen LogP contribution is -2.09. The molecule has 0 aliphatic heterocycles. The van der Waals surface area contributed by atoms with Gasteiger partial charge in [-0.05, 0) is 26.8 Å². The molecule has 0 saturated carbocycles. The maximum Gasteiger partial charge on any atom is 0.145 e. The van der Waals surface area contributed by atoms with Crippen molar-refractivity contribution in [2.45, 2.75) is 26.8 Å². The van der Waals surface area contributed by atoms with Crippen LogP contribution in [0.15, 0.2) is 16.8 Å². The van der Waals surface area contributed by atoms with E-state index in [1.807, 2.05) is 20.8 Å². The summed E-state index contributed by atoms with van der Waals surface area (Å²) >= 11 is 11.9. The number of anilines is 1. The van der Waals surface area contributed by atoms with Crippen molar-refractivity contribution in [1.29, 1.82) is 0 Å². The largest absolute Gasteiger partial charge is 0.362 e. The first-order valence-electron chi connectivity index (χ1n) is 5.49. The van der Waals surface area contributed by atoms with Crippen LogP contribution in [0.3, 0.4) is 0 Å². The molecule has 0 amide bonds. The molecule has 1 atom stereocenters. The monoisotopic (exact) mass is 285 g/mol. The Kier molecular flexibility index (Phi) is 3.78. The zero-order valence-corrected chi connectivity index (χ0v) is 11.8. The Balaban J connectivity index is 2.24. The van der Waals surface area contributed by atoms with E-state index in [9.17, 15) is 0 Å². The van der Waals surface area contributed by atoms with Gasteiger partial charge in [-0.15, -0.1) is 0 Å². The van der Waals surface area contributed by atoms with Crippen LogP contribution in [0.1, 0.15) is 30.0 Å². The van der Waals surface area contributed by atoms with Crippen molar-refractivity contribution in [3.8, 4) is 0 Å². The van der Waals surface area contributed by atoms with E-state index in [2.05, 4.69) is 15.5 Å². The van der Waals surface area contributed by atoms with Gasteiger partial charge < -0.3 is 9.84 Å². The molecular formula is C12H13Cl2N3O. The minimum atomic E-state index is 0.00225. The topological polar surface area (TPSA) is 51.0 Å². The van der Waals surface area contributed by atoms with Crippen LogP contribution < -0.4 is 5.32 Å². The third kappa shape index (κ3) is 2.60. The van der Waals surface area contributed by atoms with E-state index in [0.717, 1.165) is 17.0 Å². The fraction of sp³-hybridized carbons (Fsp3) is 0.333. The lowest BCUT2D eigenvalue weighted by molar-refractivity contribution is 0.392. The number of hydrogen-bond donors (Lipinski definition) is 1. The molecule has 0 bridgehead atoms. The zero-order valence-electron chi connectivity index (χ0n) is 10.3. The highest BCUT2D eigenvalue weighted by atomic mass is 35.5. The average Bonchev–Trinajstić information content (AvgIpc) is 2.62. The number of aryl methyl sites for hydroxylation is 2. The van der Waals surface area contributed by atoms with Crippen LogP contribution >= 0.6 is 23.2 Å². The summed E-state index contributed by atoms with van der Waals surface area (Å²) in [6.45, 7) is 5.78. The Morgan fingerprint density at radius 3 is 2.61 bits per heavy atom. The molecule has 0 fully saturated rings. The molecule has 18 heavy (non-hydrogen) atoms. The Bertz CT molecular complexity index is 549. The second-order valence-corrected chi connectivity index (χ2v) is 4.93. The highest BCUT2D eigenvalue weighted by Gasteiger charge is 2.17. The van der Waals surface area contributed by atoms with Gasteiger partial charge in [-0.2, -0.15) is 0 Å². The minimum absolute atomic E-state index is 0.00225. The van der Waals surface area contributed by atoms with Gasteiger partial charge in [0.05, 0.1) is 21.8 Å². The standard InChI is InChI=1S/C12H13Cl2N3O/c1-6(11-7(2)17-18-8(11)3)16-12-10(14)4-9(13)5-15-12/h4-6H,1-3H3,(H,15,16). The van der Waals surface area contributed by atoms with Crippen LogP contribution in [0, 0.1) is 13.8 Å². The number of halogens is 2. The predicted octanol–water partition coefficient (Wildman–Crippen LogP) is 4.17. The third-order valence-corrected chi connectivity index (χ3v) is 3.18. The lowest BCUT2D eigenvalue weighted by Gasteiger charge is -2.15. The first-order valence-corrected chi connectivity index (χ1v) is 6.25. The number of rotatable bonds is 3. The van der Waals surface area contributed by atoms with E-state index in [1.165, 1.54) is 0 Å². The lowest BCUT2D eigenvalue weighted by atomic mass is 10.1. The summed E-state index contributed by atoms with van der Waals surface area (Å²) in [4.78, 5) is 4.16. The van der Waals surface area contributed by atoms with Crippen molar-refractivity contribution in [1.82, 2.24) is 10.1 Å². The van der Waals surface area contributed by atoms with Gasteiger partial charge in [0.2, 0.25) is 0 Å². The normalized spacial score (nSPS) is 12.5. The molecular weight excluding hydrogens is 273 g/mol.